The zero-order valence-electron chi connectivity index (χ0n) is 16.1. The van der Waals surface area contributed by atoms with Gasteiger partial charge in [0.05, 0.1) is 19.3 Å². The summed E-state index contributed by atoms with van der Waals surface area (Å²) in [5.74, 6) is -4.95. The van der Waals surface area contributed by atoms with Crippen molar-refractivity contribution in [3.8, 4) is 0 Å². The predicted octanol–water partition coefficient (Wildman–Crippen LogP) is 5.14. The zero-order chi connectivity index (χ0) is 23.7. The zero-order valence-corrected chi connectivity index (χ0v) is 16.1. The van der Waals surface area contributed by atoms with E-state index in [9.17, 15) is 43.9 Å². The minimum absolute atomic E-state index is 0.138. The molecule has 2 aliphatic heterocycles. The number of likely N-dealkylation sites (tertiary alicyclic amines) is 1. The van der Waals surface area contributed by atoms with Crippen LogP contribution in [-0.2, 0) is 9.47 Å². The first-order chi connectivity index (χ1) is 14.1. The van der Waals surface area contributed by atoms with E-state index >= 15 is 4.39 Å². The molecule has 5 unspecified atom stereocenters. The number of hydrogen-bond acceptors (Lipinski definition) is 3. The minimum atomic E-state index is -5.87. The second-order valence-electron chi connectivity index (χ2n) is 7.70. The maximum Gasteiger partial charge on any atom is 0.429 e. The first-order valence-corrected chi connectivity index (χ1v) is 9.56. The van der Waals surface area contributed by atoms with Gasteiger partial charge in [0.25, 0.3) is 17.8 Å². The van der Waals surface area contributed by atoms with Crippen LogP contribution in [0.4, 0.5) is 48.3 Å². The minimum Gasteiger partial charge on any atom is -0.373 e. The third-order valence-corrected chi connectivity index (χ3v) is 5.34. The molecular weight excluding hydrogens is 459 g/mol. The van der Waals surface area contributed by atoms with Gasteiger partial charge >= 0.3 is 12.4 Å². The molecule has 2 rings (SSSR count). The van der Waals surface area contributed by atoms with Crippen molar-refractivity contribution in [1.82, 2.24) is 4.90 Å². The lowest BCUT2D eigenvalue weighted by atomic mass is 9.94. The van der Waals surface area contributed by atoms with Crippen LogP contribution in [0.3, 0.4) is 0 Å². The Morgan fingerprint density at radius 1 is 0.774 bits per heavy atom. The average molecular weight is 481 g/mol. The van der Waals surface area contributed by atoms with Gasteiger partial charge in [0.15, 0.2) is 6.30 Å². The van der Waals surface area contributed by atoms with Gasteiger partial charge in [-0.3, -0.25) is 4.90 Å². The Kier molecular flexibility index (Phi) is 8.11. The highest BCUT2D eigenvalue weighted by Gasteiger charge is 2.69. The lowest BCUT2D eigenvalue weighted by Crippen LogP contribution is -2.65. The largest absolute Gasteiger partial charge is 0.429 e. The van der Waals surface area contributed by atoms with E-state index in [4.69, 9.17) is 0 Å². The van der Waals surface area contributed by atoms with E-state index in [0.29, 0.717) is 30.6 Å². The van der Waals surface area contributed by atoms with Gasteiger partial charge in [-0.1, -0.05) is 12.8 Å². The lowest BCUT2D eigenvalue weighted by Gasteiger charge is -2.43. The lowest BCUT2D eigenvalue weighted by molar-refractivity contribution is -0.324. The summed E-state index contributed by atoms with van der Waals surface area (Å²) in [5.41, 5.74) is -4.57. The van der Waals surface area contributed by atoms with E-state index in [0.717, 1.165) is 0 Å². The molecule has 184 valence electrons. The first kappa shape index (κ1) is 26.4. The Hall–Kier alpha value is -0.890. The highest BCUT2D eigenvalue weighted by atomic mass is 19.4. The summed E-state index contributed by atoms with van der Waals surface area (Å²) in [6.45, 7) is -2.82. The average Bonchev–Trinajstić information content (AvgIpc) is 2.94. The van der Waals surface area contributed by atoms with Crippen molar-refractivity contribution in [3.05, 3.63) is 0 Å². The van der Waals surface area contributed by atoms with Crippen LogP contribution in [0.5, 0.6) is 0 Å². The predicted molar refractivity (Wildman–Crippen MR) is 84.8 cm³/mol. The topological polar surface area (TPSA) is 21.7 Å². The molecule has 0 aliphatic carbocycles. The molecule has 14 heteroatoms. The molecular formula is C17H22F11NO2. The van der Waals surface area contributed by atoms with Gasteiger partial charge in [-0.15, -0.1) is 0 Å². The number of halogens is 11. The van der Waals surface area contributed by atoms with Crippen molar-refractivity contribution in [2.24, 2.45) is 0 Å². The molecule has 0 radical (unpaired) electrons. The summed E-state index contributed by atoms with van der Waals surface area (Å²) in [4.78, 5) is 0.682. The quantitative estimate of drug-likeness (QED) is 0.388. The highest BCUT2D eigenvalue weighted by molar-refractivity contribution is 5.02. The van der Waals surface area contributed by atoms with E-state index in [1.54, 1.807) is 0 Å². The molecule has 2 aliphatic rings. The molecule has 3 nitrogen and oxygen atoms in total. The van der Waals surface area contributed by atoms with Crippen molar-refractivity contribution in [3.63, 3.8) is 0 Å². The van der Waals surface area contributed by atoms with Crippen LogP contribution < -0.4 is 0 Å². The fourth-order valence-electron chi connectivity index (χ4n) is 3.61. The van der Waals surface area contributed by atoms with Crippen LogP contribution >= 0.6 is 0 Å². The Balaban J connectivity index is 2.09. The van der Waals surface area contributed by atoms with E-state index in [1.165, 1.54) is 0 Å². The third-order valence-electron chi connectivity index (χ3n) is 5.34. The number of ether oxygens (including phenoxy) is 2. The second kappa shape index (κ2) is 9.54. The molecule has 0 spiro atoms. The Morgan fingerprint density at radius 2 is 1.32 bits per heavy atom. The van der Waals surface area contributed by atoms with E-state index in [1.807, 2.05) is 0 Å². The molecule has 0 bridgehead atoms. The van der Waals surface area contributed by atoms with Gasteiger partial charge in [0, 0.05) is 19.5 Å². The van der Waals surface area contributed by atoms with Crippen molar-refractivity contribution in [1.29, 1.82) is 0 Å². The van der Waals surface area contributed by atoms with Crippen molar-refractivity contribution < 1.29 is 57.8 Å². The standard InChI is InChI=1S/C17H22F11NO2/c18-12(16(23,24)25)14(20,21)7-10-8-31-11(9-30-10)15(22,17(26,27)28)13(19)29-5-3-1-2-4-6-29/h10-13H,1-9H2. The molecule has 2 saturated heterocycles. The summed E-state index contributed by atoms with van der Waals surface area (Å²) in [7, 11) is 0. The molecule has 0 N–H and O–H groups in total. The SMILES string of the molecule is FC(C(F)(F)F)C(F)(F)CC1COC(C(F)(C(F)N2CCCCCC2)C(F)(F)F)CO1. The number of alkyl halides is 11. The first-order valence-electron chi connectivity index (χ1n) is 9.56. The van der Waals surface area contributed by atoms with Gasteiger partial charge in [-0.05, 0) is 12.8 Å². The number of hydrogen-bond donors (Lipinski definition) is 0. The van der Waals surface area contributed by atoms with Gasteiger partial charge in [-0.2, -0.15) is 26.3 Å². The van der Waals surface area contributed by atoms with Crippen LogP contribution in [0.25, 0.3) is 0 Å². The van der Waals surface area contributed by atoms with Gasteiger partial charge in [-0.25, -0.2) is 22.0 Å². The molecule has 5 atom stereocenters. The van der Waals surface area contributed by atoms with Crippen molar-refractivity contribution in [2.75, 3.05) is 26.3 Å². The number of rotatable bonds is 6. The monoisotopic (exact) mass is 481 g/mol. The molecule has 2 fully saturated rings. The Bertz CT molecular complexity index is 569. The summed E-state index contributed by atoms with van der Waals surface area (Å²) in [6, 6.07) is 0. The molecule has 0 aromatic rings. The maximum atomic E-state index is 15.1. The molecule has 0 aromatic carbocycles. The summed E-state index contributed by atoms with van der Waals surface area (Å²) >= 11 is 0. The smallest absolute Gasteiger partial charge is 0.373 e. The fourth-order valence-corrected chi connectivity index (χ4v) is 3.61. The van der Waals surface area contributed by atoms with E-state index in [2.05, 4.69) is 9.47 Å². The summed E-state index contributed by atoms with van der Waals surface area (Å²) < 4.78 is 156. The molecule has 0 amide bonds. The van der Waals surface area contributed by atoms with Crippen LogP contribution in [0.1, 0.15) is 32.1 Å². The van der Waals surface area contributed by atoms with Gasteiger partial charge < -0.3 is 9.47 Å². The van der Waals surface area contributed by atoms with E-state index < -0.39 is 68.3 Å². The normalized spacial score (nSPS) is 29.1. The summed E-state index contributed by atoms with van der Waals surface area (Å²) in [6.07, 6.45) is -23.8. The Morgan fingerprint density at radius 3 is 1.74 bits per heavy atom. The second-order valence-corrected chi connectivity index (χ2v) is 7.70. The molecule has 31 heavy (non-hydrogen) atoms. The highest BCUT2D eigenvalue weighted by Crippen LogP contribution is 2.45. The van der Waals surface area contributed by atoms with Gasteiger partial charge in [0.2, 0.25) is 0 Å². The maximum absolute atomic E-state index is 15.1. The van der Waals surface area contributed by atoms with Crippen LogP contribution in [0.2, 0.25) is 0 Å². The number of nitrogens with zero attached hydrogens (tertiary/aromatic N) is 1. The fraction of sp³-hybridized carbons (Fsp3) is 1.00. The van der Waals surface area contributed by atoms with E-state index in [-0.39, 0.29) is 13.1 Å². The van der Waals surface area contributed by atoms with Gasteiger partial charge in [0.1, 0.15) is 6.10 Å². The molecule has 2 heterocycles. The van der Waals surface area contributed by atoms with Crippen LogP contribution in [-0.4, -0.2) is 79.8 Å². The molecule has 0 aromatic heterocycles. The Labute approximate surface area is 170 Å². The van der Waals surface area contributed by atoms with Crippen molar-refractivity contribution in [2.45, 2.75) is 80.7 Å². The van der Waals surface area contributed by atoms with Crippen LogP contribution in [0, 0.1) is 0 Å². The summed E-state index contributed by atoms with van der Waals surface area (Å²) in [5, 5.41) is 0. The van der Waals surface area contributed by atoms with Crippen LogP contribution in [0.15, 0.2) is 0 Å². The van der Waals surface area contributed by atoms with Crippen molar-refractivity contribution >= 4 is 0 Å². The molecule has 0 saturated carbocycles. The third kappa shape index (κ3) is 5.92.